The van der Waals surface area contributed by atoms with E-state index >= 15 is 0 Å². The van der Waals surface area contributed by atoms with Crippen LogP contribution in [-0.4, -0.2) is 5.87 Å². The van der Waals surface area contributed by atoms with Crippen LogP contribution < -0.4 is 0 Å². The number of nitrogens with zero attached hydrogens (tertiary/aromatic N) is 1. The molecule has 1 aliphatic heterocycles. The Morgan fingerprint density at radius 3 is 2.90 bits per heavy atom. The lowest BCUT2D eigenvalue weighted by atomic mass is 10.1. The van der Waals surface area contributed by atoms with E-state index < -0.39 is 0 Å². The summed E-state index contributed by atoms with van der Waals surface area (Å²) in [7, 11) is 0. The minimum absolute atomic E-state index is 0.489. The summed E-state index contributed by atoms with van der Waals surface area (Å²) in [5.74, 6) is 3.31. The predicted molar refractivity (Wildman–Crippen MR) is 44.1 cm³/mol. The van der Waals surface area contributed by atoms with Crippen molar-refractivity contribution in [2.45, 2.75) is 13.8 Å². The Hall–Kier alpha value is -1.07. The van der Waals surface area contributed by atoms with Gasteiger partial charge in [0.25, 0.3) is 0 Å². The van der Waals surface area contributed by atoms with E-state index in [2.05, 4.69) is 24.7 Å². The van der Waals surface area contributed by atoms with Crippen LogP contribution in [0.25, 0.3) is 0 Å². The van der Waals surface area contributed by atoms with Gasteiger partial charge in [-0.05, 0) is 23.9 Å². The number of hydrogen-bond donors (Lipinski definition) is 0. The van der Waals surface area contributed by atoms with Gasteiger partial charge in [-0.15, -0.1) is 0 Å². The average molecular weight is 133 g/mol. The fourth-order valence-corrected chi connectivity index (χ4v) is 0.723. The molecule has 1 aliphatic rings. The molecule has 0 aromatic carbocycles. The zero-order chi connectivity index (χ0) is 7.40. The van der Waals surface area contributed by atoms with Crippen LogP contribution in [0.15, 0.2) is 35.0 Å². The standard InChI is InChI=1S/C9H11N/c1-8(2)9-6-4-3-5-7-10-9/h3-6,8H,1-2H3. The van der Waals surface area contributed by atoms with Crippen LogP contribution in [0.3, 0.4) is 0 Å². The second-order valence-corrected chi connectivity index (χ2v) is 2.54. The molecule has 0 unspecified atom stereocenters. The monoisotopic (exact) mass is 133 g/mol. The molecule has 1 heterocycles. The van der Waals surface area contributed by atoms with Crippen LogP contribution in [0.5, 0.6) is 0 Å². The lowest BCUT2D eigenvalue weighted by Gasteiger charge is -2.00. The van der Waals surface area contributed by atoms with E-state index in [1.807, 2.05) is 24.3 Å². The molecule has 0 radical (unpaired) electrons. The third kappa shape index (κ3) is 1.71. The Bertz CT molecular complexity index is 225. The van der Waals surface area contributed by atoms with Crippen LogP contribution in [0.2, 0.25) is 0 Å². The lowest BCUT2D eigenvalue weighted by molar-refractivity contribution is 0.760. The van der Waals surface area contributed by atoms with Crippen LogP contribution in [0.1, 0.15) is 13.8 Å². The predicted octanol–water partition coefficient (Wildman–Crippen LogP) is 2.32. The quantitative estimate of drug-likeness (QED) is 0.520. The molecular formula is C9H11N. The fourth-order valence-electron chi connectivity index (χ4n) is 0.723. The summed E-state index contributed by atoms with van der Waals surface area (Å²) in [5.41, 5.74) is 1.09. The highest BCUT2D eigenvalue weighted by molar-refractivity contribution is 5.58. The van der Waals surface area contributed by atoms with Gasteiger partial charge in [-0.1, -0.05) is 26.0 Å². The van der Waals surface area contributed by atoms with Gasteiger partial charge in [0.2, 0.25) is 0 Å². The highest BCUT2D eigenvalue weighted by atomic mass is 14.7. The SMILES string of the molecule is CC(C)C1=CC=CC=C=N1. The molecule has 52 valence electrons. The van der Waals surface area contributed by atoms with E-state index in [-0.39, 0.29) is 0 Å². The van der Waals surface area contributed by atoms with Crippen molar-refractivity contribution in [3.63, 3.8) is 0 Å². The molecule has 0 N–H and O–H groups in total. The molecule has 0 saturated heterocycles. The number of allylic oxidation sites excluding steroid dienone is 5. The molecule has 1 heteroatoms. The minimum atomic E-state index is 0.489. The molecule has 0 fully saturated rings. The average Bonchev–Trinajstić information content (AvgIpc) is 2.12. The van der Waals surface area contributed by atoms with E-state index in [0.29, 0.717) is 5.92 Å². The van der Waals surface area contributed by atoms with E-state index in [0.717, 1.165) is 5.70 Å². The molecule has 1 rings (SSSR count). The third-order valence-corrected chi connectivity index (χ3v) is 1.33. The summed E-state index contributed by atoms with van der Waals surface area (Å²) in [5, 5.41) is 0. The molecule has 0 saturated carbocycles. The van der Waals surface area contributed by atoms with Gasteiger partial charge >= 0.3 is 0 Å². The summed E-state index contributed by atoms with van der Waals surface area (Å²) < 4.78 is 0. The Kier molecular flexibility index (Phi) is 2.24. The molecule has 0 aliphatic carbocycles. The largest absolute Gasteiger partial charge is 0.210 e. The zero-order valence-corrected chi connectivity index (χ0v) is 6.33. The van der Waals surface area contributed by atoms with Gasteiger partial charge in [0.05, 0.1) is 5.70 Å². The van der Waals surface area contributed by atoms with Crippen molar-refractivity contribution in [3.05, 3.63) is 30.0 Å². The second kappa shape index (κ2) is 3.19. The Labute approximate surface area is 61.5 Å². The van der Waals surface area contributed by atoms with Crippen molar-refractivity contribution in [2.24, 2.45) is 10.9 Å². The molecule has 1 nitrogen and oxygen atoms in total. The summed E-state index contributed by atoms with van der Waals surface area (Å²) in [4.78, 5) is 4.12. The summed E-state index contributed by atoms with van der Waals surface area (Å²) in [6.45, 7) is 4.24. The molecule has 0 aromatic heterocycles. The topological polar surface area (TPSA) is 12.4 Å². The van der Waals surface area contributed by atoms with Gasteiger partial charge in [0.15, 0.2) is 0 Å². The number of rotatable bonds is 1. The summed E-state index contributed by atoms with van der Waals surface area (Å²) in [6, 6.07) is 0. The van der Waals surface area contributed by atoms with Crippen molar-refractivity contribution in [1.82, 2.24) is 0 Å². The first-order chi connectivity index (χ1) is 4.80. The smallest absolute Gasteiger partial charge is 0.0528 e. The van der Waals surface area contributed by atoms with Gasteiger partial charge in [0.1, 0.15) is 0 Å². The molecule has 10 heavy (non-hydrogen) atoms. The summed E-state index contributed by atoms with van der Waals surface area (Å²) >= 11 is 0. The first kappa shape index (κ1) is 7.04. The van der Waals surface area contributed by atoms with Gasteiger partial charge in [-0.2, -0.15) is 0 Å². The second-order valence-electron chi connectivity index (χ2n) is 2.54. The highest BCUT2D eigenvalue weighted by Gasteiger charge is 1.98. The van der Waals surface area contributed by atoms with E-state index in [4.69, 9.17) is 0 Å². The third-order valence-electron chi connectivity index (χ3n) is 1.33. The molecule has 0 spiro atoms. The van der Waals surface area contributed by atoms with E-state index in [9.17, 15) is 0 Å². The van der Waals surface area contributed by atoms with Gasteiger partial charge in [0, 0.05) is 0 Å². The van der Waals surface area contributed by atoms with Crippen molar-refractivity contribution in [3.8, 4) is 0 Å². The molecule has 0 aromatic rings. The highest BCUT2D eigenvalue weighted by Crippen LogP contribution is 2.10. The van der Waals surface area contributed by atoms with Crippen LogP contribution in [-0.2, 0) is 0 Å². The van der Waals surface area contributed by atoms with E-state index in [1.165, 1.54) is 0 Å². The molecular weight excluding hydrogens is 122 g/mol. The first-order valence-electron chi connectivity index (χ1n) is 3.47. The maximum absolute atomic E-state index is 4.12. The van der Waals surface area contributed by atoms with Gasteiger partial charge < -0.3 is 0 Å². The first-order valence-corrected chi connectivity index (χ1v) is 3.47. The Morgan fingerprint density at radius 1 is 1.40 bits per heavy atom. The van der Waals surface area contributed by atoms with Crippen molar-refractivity contribution < 1.29 is 0 Å². The minimum Gasteiger partial charge on any atom is -0.210 e. The normalized spacial score (nSPS) is 15.7. The molecule has 0 bridgehead atoms. The molecule has 0 atom stereocenters. The molecule has 0 amide bonds. The van der Waals surface area contributed by atoms with E-state index in [1.54, 1.807) is 0 Å². The summed E-state index contributed by atoms with van der Waals surface area (Å²) in [6.07, 6.45) is 7.74. The van der Waals surface area contributed by atoms with Gasteiger partial charge in [-0.3, -0.25) is 0 Å². The van der Waals surface area contributed by atoms with Gasteiger partial charge in [-0.25, -0.2) is 4.99 Å². The Morgan fingerprint density at radius 2 is 2.20 bits per heavy atom. The van der Waals surface area contributed by atoms with Crippen LogP contribution in [0, 0.1) is 5.92 Å². The number of aliphatic imine (C=N–C) groups is 1. The maximum Gasteiger partial charge on any atom is 0.0528 e. The zero-order valence-electron chi connectivity index (χ0n) is 6.33. The maximum atomic E-state index is 4.12. The van der Waals surface area contributed by atoms with Crippen molar-refractivity contribution in [1.29, 1.82) is 0 Å². The number of hydrogen-bond acceptors (Lipinski definition) is 1. The Balaban J connectivity index is 2.86. The fraction of sp³-hybridized carbons (Fsp3) is 0.333. The van der Waals surface area contributed by atoms with Crippen LogP contribution >= 0.6 is 0 Å². The van der Waals surface area contributed by atoms with Crippen molar-refractivity contribution in [2.75, 3.05) is 0 Å². The van der Waals surface area contributed by atoms with Crippen LogP contribution in [0.4, 0.5) is 0 Å². The van der Waals surface area contributed by atoms with Crippen molar-refractivity contribution >= 4 is 5.87 Å². The lowest BCUT2D eigenvalue weighted by Crippen LogP contribution is -1.88.